The van der Waals surface area contributed by atoms with Crippen LogP contribution in [-0.4, -0.2) is 15.5 Å². The maximum atomic E-state index is 4.73. The van der Waals surface area contributed by atoms with E-state index in [0.29, 0.717) is 11.8 Å². The first-order valence-electron chi connectivity index (χ1n) is 6.69. The Morgan fingerprint density at radius 3 is 2.28 bits per heavy atom. The Labute approximate surface area is 110 Å². The summed E-state index contributed by atoms with van der Waals surface area (Å²) in [6.45, 7) is 12.9. The van der Waals surface area contributed by atoms with Gasteiger partial charge in [0.05, 0.1) is 11.2 Å². The molecule has 2 rings (SSSR count). The number of anilines is 1. The average molecular weight is 245 g/mol. The van der Waals surface area contributed by atoms with E-state index in [1.54, 1.807) is 0 Å². The third-order valence-electron chi connectivity index (χ3n) is 3.16. The normalized spacial score (nSPS) is 16.9. The first-order chi connectivity index (χ1) is 8.30. The lowest BCUT2D eigenvalue weighted by atomic mass is 9.95. The van der Waals surface area contributed by atoms with Crippen molar-refractivity contribution in [1.29, 1.82) is 0 Å². The summed E-state index contributed by atoms with van der Waals surface area (Å²) >= 11 is 0. The molecule has 0 saturated carbocycles. The molecule has 3 heteroatoms. The predicted molar refractivity (Wildman–Crippen MR) is 76.9 cm³/mol. The Morgan fingerprint density at radius 1 is 1.06 bits per heavy atom. The highest BCUT2D eigenvalue weighted by atomic mass is 15.1. The summed E-state index contributed by atoms with van der Waals surface area (Å²) in [6.07, 6.45) is 4.34. The highest BCUT2D eigenvalue weighted by Crippen LogP contribution is 2.32. The van der Waals surface area contributed by atoms with Gasteiger partial charge in [0.15, 0.2) is 0 Å². The fourth-order valence-electron chi connectivity index (χ4n) is 2.10. The molecule has 0 amide bonds. The number of rotatable bonds is 2. The highest BCUT2D eigenvalue weighted by Gasteiger charge is 2.24. The van der Waals surface area contributed by atoms with Gasteiger partial charge in [-0.3, -0.25) is 0 Å². The maximum absolute atomic E-state index is 4.73. The van der Waals surface area contributed by atoms with E-state index >= 15 is 0 Å². The van der Waals surface area contributed by atoms with Gasteiger partial charge < -0.3 is 5.32 Å². The van der Waals surface area contributed by atoms with Gasteiger partial charge in [-0.05, 0) is 19.8 Å². The van der Waals surface area contributed by atoms with Crippen LogP contribution in [0.5, 0.6) is 0 Å². The molecule has 1 N–H and O–H groups in total. The molecule has 18 heavy (non-hydrogen) atoms. The van der Waals surface area contributed by atoms with Crippen molar-refractivity contribution in [1.82, 2.24) is 9.97 Å². The van der Waals surface area contributed by atoms with Crippen LogP contribution in [0, 0.1) is 0 Å². The Bertz CT molecular complexity index is 485. The van der Waals surface area contributed by atoms with E-state index in [1.807, 2.05) is 0 Å². The molecule has 98 valence electrons. The Morgan fingerprint density at radius 2 is 1.72 bits per heavy atom. The predicted octanol–water partition coefficient (Wildman–Crippen LogP) is 3.94. The zero-order valence-corrected chi connectivity index (χ0v) is 12.2. The van der Waals surface area contributed by atoms with Gasteiger partial charge in [-0.25, -0.2) is 9.97 Å². The van der Waals surface area contributed by atoms with E-state index in [1.165, 1.54) is 0 Å². The third kappa shape index (κ3) is 2.40. The van der Waals surface area contributed by atoms with Gasteiger partial charge in [0.1, 0.15) is 11.6 Å². The molecule has 1 aliphatic rings. The molecule has 3 nitrogen and oxygen atoms in total. The van der Waals surface area contributed by atoms with E-state index in [2.05, 4.69) is 64.0 Å². The molecule has 0 atom stereocenters. The topological polar surface area (TPSA) is 37.8 Å². The maximum Gasteiger partial charge on any atom is 0.137 e. The molecule has 0 saturated heterocycles. The van der Waals surface area contributed by atoms with Crippen LogP contribution in [-0.2, 0) is 0 Å². The molecular weight excluding hydrogens is 222 g/mol. The van der Waals surface area contributed by atoms with E-state index in [-0.39, 0.29) is 5.54 Å². The fourth-order valence-corrected chi connectivity index (χ4v) is 2.10. The molecule has 2 heterocycles. The second kappa shape index (κ2) is 4.38. The van der Waals surface area contributed by atoms with Crippen molar-refractivity contribution in [3.8, 4) is 0 Å². The van der Waals surface area contributed by atoms with E-state index in [4.69, 9.17) is 4.98 Å². The van der Waals surface area contributed by atoms with Crippen molar-refractivity contribution in [2.75, 3.05) is 5.32 Å². The summed E-state index contributed by atoms with van der Waals surface area (Å²) in [5, 5.41) is 3.49. The van der Waals surface area contributed by atoms with Gasteiger partial charge in [-0.2, -0.15) is 0 Å². The average Bonchev–Trinajstić information content (AvgIpc) is 2.25. The molecule has 1 aliphatic heterocycles. The number of hydrogen-bond donors (Lipinski definition) is 1. The summed E-state index contributed by atoms with van der Waals surface area (Å²) in [5.74, 6) is 2.66. The van der Waals surface area contributed by atoms with Crippen LogP contribution in [0.15, 0.2) is 6.08 Å². The number of aromatic nitrogens is 2. The summed E-state index contributed by atoms with van der Waals surface area (Å²) in [6, 6.07) is 0. The third-order valence-corrected chi connectivity index (χ3v) is 3.16. The van der Waals surface area contributed by atoms with Gasteiger partial charge in [-0.1, -0.05) is 39.8 Å². The minimum atomic E-state index is -0.0378. The number of fused-ring (bicyclic) bond motifs is 1. The molecule has 0 fully saturated rings. The fraction of sp³-hybridized carbons (Fsp3) is 0.600. The Hall–Kier alpha value is -1.38. The van der Waals surface area contributed by atoms with Crippen LogP contribution in [0.4, 0.5) is 5.82 Å². The Kier molecular flexibility index (Phi) is 3.18. The quantitative estimate of drug-likeness (QED) is 0.857. The second-order valence-electron chi connectivity index (χ2n) is 6.22. The molecule has 0 aromatic carbocycles. The molecule has 0 bridgehead atoms. The van der Waals surface area contributed by atoms with E-state index < -0.39 is 0 Å². The van der Waals surface area contributed by atoms with Gasteiger partial charge in [0, 0.05) is 11.5 Å². The van der Waals surface area contributed by atoms with Gasteiger partial charge >= 0.3 is 0 Å². The minimum absolute atomic E-state index is 0.0378. The van der Waals surface area contributed by atoms with Crippen molar-refractivity contribution in [2.24, 2.45) is 0 Å². The van der Waals surface area contributed by atoms with Crippen molar-refractivity contribution >= 4 is 11.9 Å². The standard InChI is InChI=1S/C15H23N3/c1-9(2)12-11-7-8-15(5,6)18-14(11)17-13(16-12)10(3)4/h7-10H,1-6H3,(H,16,17,18). The SMILES string of the molecule is CC(C)c1nc2c(c(C(C)C)n1)C=CC(C)(C)N2. The summed E-state index contributed by atoms with van der Waals surface area (Å²) in [4.78, 5) is 9.41. The van der Waals surface area contributed by atoms with Crippen molar-refractivity contribution < 1.29 is 0 Å². The lowest BCUT2D eigenvalue weighted by Gasteiger charge is -2.30. The first kappa shape index (κ1) is 13.1. The molecular formula is C15H23N3. The van der Waals surface area contributed by atoms with Gasteiger partial charge in [0.2, 0.25) is 0 Å². The second-order valence-corrected chi connectivity index (χ2v) is 6.22. The zero-order valence-electron chi connectivity index (χ0n) is 12.2. The van der Waals surface area contributed by atoms with Crippen molar-refractivity contribution in [2.45, 2.75) is 58.9 Å². The van der Waals surface area contributed by atoms with Crippen LogP contribution in [0.3, 0.4) is 0 Å². The monoisotopic (exact) mass is 245 g/mol. The number of nitrogens with zero attached hydrogens (tertiary/aromatic N) is 2. The van der Waals surface area contributed by atoms with E-state index in [0.717, 1.165) is 22.9 Å². The molecule has 0 unspecified atom stereocenters. The van der Waals surface area contributed by atoms with E-state index in [9.17, 15) is 0 Å². The number of hydrogen-bond acceptors (Lipinski definition) is 3. The van der Waals surface area contributed by atoms with Crippen molar-refractivity contribution in [3.05, 3.63) is 23.2 Å². The van der Waals surface area contributed by atoms with Crippen LogP contribution in [0.25, 0.3) is 6.08 Å². The van der Waals surface area contributed by atoms with Crippen LogP contribution in [0.2, 0.25) is 0 Å². The number of nitrogens with one attached hydrogen (secondary N) is 1. The zero-order chi connectivity index (χ0) is 13.5. The Balaban J connectivity index is 2.59. The smallest absolute Gasteiger partial charge is 0.137 e. The minimum Gasteiger partial charge on any atom is -0.361 e. The molecule has 0 aliphatic carbocycles. The highest BCUT2D eigenvalue weighted by molar-refractivity contribution is 5.71. The summed E-state index contributed by atoms with van der Waals surface area (Å²) in [5.41, 5.74) is 2.25. The van der Waals surface area contributed by atoms with Crippen molar-refractivity contribution in [3.63, 3.8) is 0 Å². The van der Waals surface area contributed by atoms with Crippen LogP contribution < -0.4 is 5.32 Å². The molecule has 0 spiro atoms. The molecule has 0 radical (unpaired) electrons. The summed E-state index contributed by atoms with van der Waals surface area (Å²) in [7, 11) is 0. The molecule has 1 aromatic heterocycles. The van der Waals surface area contributed by atoms with Crippen LogP contribution in [0.1, 0.15) is 70.5 Å². The molecule has 1 aromatic rings. The first-order valence-corrected chi connectivity index (χ1v) is 6.69. The van der Waals surface area contributed by atoms with Crippen LogP contribution >= 0.6 is 0 Å². The summed E-state index contributed by atoms with van der Waals surface area (Å²) < 4.78 is 0. The largest absolute Gasteiger partial charge is 0.361 e. The van der Waals surface area contributed by atoms with Gasteiger partial charge in [0.25, 0.3) is 0 Å². The lowest BCUT2D eigenvalue weighted by Crippen LogP contribution is -2.32. The lowest BCUT2D eigenvalue weighted by molar-refractivity contribution is 0.682. The van der Waals surface area contributed by atoms with Gasteiger partial charge in [-0.15, -0.1) is 0 Å².